The van der Waals surface area contributed by atoms with E-state index in [1.54, 1.807) is 0 Å². The molecule has 0 bridgehead atoms. The third-order valence-electron chi connectivity index (χ3n) is 7.71. The summed E-state index contributed by atoms with van der Waals surface area (Å²) in [6, 6.07) is 47.8. The first kappa shape index (κ1) is 23.2. The fourth-order valence-electron chi connectivity index (χ4n) is 5.87. The van der Waals surface area contributed by atoms with Crippen molar-refractivity contribution in [2.45, 2.75) is 0 Å². The number of thiophene rings is 2. The van der Waals surface area contributed by atoms with E-state index in [2.05, 4.69) is 133 Å². The van der Waals surface area contributed by atoms with Gasteiger partial charge in [0.2, 0.25) is 0 Å². The summed E-state index contributed by atoms with van der Waals surface area (Å²) in [6.45, 7) is 0. The second-order valence-electron chi connectivity index (χ2n) is 10.0. The van der Waals surface area contributed by atoms with Crippen molar-refractivity contribution in [3.05, 3.63) is 133 Å². The van der Waals surface area contributed by atoms with E-state index in [0.717, 1.165) is 33.4 Å². The molecule has 2 heterocycles. The van der Waals surface area contributed by atoms with Crippen LogP contribution in [0.4, 0.5) is 0 Å². The lowest BCUT2D eigenvalue weighted by molar-refractivity contribution is 1.48. The van der Waals surface area contributed by atoms with Crippen molar-refractivity contribution in [1.29, 1.82) is 5.26 Å². The van der Waals surface area contributed by atoms with Gasteiger partial charge in [-0.1, -0.05) is 78.9 Å². The monoisotopic (exact) mass is 543 g/mol. The van der Waals surface area contributed by atoms with Crippen LogP contribution in [-0.2, 0) is 0 Å². The lowest BCUT2D eigenvalue weighted by atomic mass is 9.85. The van der Waals surface area contributed by atoms with E-state index in [4.69, 9.17) is 0 Å². The van der Waals surface area contributed by atoms with Gasteiger partial charge in [-0.3, -0.25) is 0 Å². The molecular formula is C37H21NS2. The molecule has 0 radical (unpaired) electrons. The summed E-state index contributed by atoms with van der Waals surface area (Å²) in [5.41, 5.74) is 7.35. The Hall–Kier alpha value is -4.75. The number of nitriles is 1. The molecule has 0 spiro atoms. The molecule has 6 aromatic carbocycles. The third-order valence-corrected chi connectivity index (χ3v) is 10.0. The highest BCUT2D eigenvalue weighted by atomic mass is 32.1. The van der Waals surface area contributed by atoms with Crippen molar-refractivity contribution in [2.24, 2.45) is 0 Å². The Bertz CT molecular complexity index is 2140. The second-order valence-corrected chi connectivity index (χ2v) is 12.2. The van der Waals surface area contributed by atoms with Gasteiger partial charge in [-0.15, -0.1) is 22.7 Å². The summed E-state index contributed by atoms with van der Waals surface area (Å²) in [4.78, 5) is 0. The van der Waals surface area contributed by atoms with Crippen LogP contribution in [0.2, 0.25) is 0 Å². The summed E-state index contributed by atoms with van der Waals surface area (Å²) in [7, 11) is 0. The maximum atomic E-state index is 10.2. The van der Waals surface area contributed by atoms with Crippen molar-refractivity contribution in [3.8, 4) is 39.4 Å². The van der Waals surface area contributed by atoms with Gasteiger partial charge in [0, 0.05) is 40.3 Å². The fraction of sp³-hybridized carbons (Fsp3) is 0. The highest BCUT2D eigenvalue weighted by Crippen LogP contribution is 2.45. The molecule has 0 unspecified atom stereocenters. The van der Waals surface area contributed by atoms with Gasteiger partial charge in [-0.2, -0.15) is 5.26 Å². The van der Waals surface area contributed by atoms with E-state index in [1.165, 1.54) is 40.3 Å². The zero-order valence-electron chi connectivity index (χ0n) is 21.4. The van der Waals surface area contributed by atoms with Gasteiger partial charge in [0.1, 0.15) is 0 Å². The Balaban J connectivity index is 1.44. The number of fused-ring (bicyclic) bond motifs is 6. The van der Waals surface area contributed by atoms with E-state index < -0.39 is 0 Å². The molecule has 0 aliphatic rings. The average molecular weight is 544 g/mol. The minimum Gasteiger partial charge on any atom is -0.192 e. The molecule has 0 aliphatic heterocycles. The molecule has 0 saturated heterocycles. The van der Waals surface area contributed by atoms with Crippen molar-refractivity contribution < 1.29 is 0 Å². The molecule has 2 aromatic heterocycles. The molecule has 0 atom stereocenters. The molecule has 1 nitrogen and oxygen atoms in total. The van der Waals surface area contributed by atoms with Crippen molar-refractivity contribution in [1.82, 2.24) is 0 Å². The number of rotatable bonds is 3. The van der Waals surface area contributed by atoms with E-state index in [1.807, 2.05) is 22.7 Å². The Morgan fingerprint density at radius 1 is 0.425 bits per heavy atom. The standard InChI is InChI=1S/C37H21NS2/c38-22-23-18-29(25-14-16-35-31(20-25)27-10-4-6-12-33(27)39-35)37(24-8-2-1-3-9-24)30(19-23)26-15-17-36-32(21-26)28-11-5-7-13-34(28)40-36/h1-21H. The van der Waals surface area contributed by atoms with Crippen LogP contribution in [0, 0.1) is 11.3 Å². The number of benzene rings is 6. The Labute approximate surface area is 239 Å². The fourth-order valence-corrected chi connectivity index (χ4v) is 8.04. The van der Waals surface area contributed by atoms with Crippen LogP contribution in [0.1, 0.15) is 5.56 Å². The van der Waals surface area contributed by atoms with E-state index in [0.29, 0.717) is 5.56 Å². The van der Waals surface area contributed by atoms with Crippen LogP contribution in [0.5, 0.6) is 0 Å². The van der Waals surface area contributed by atoms with E-state index in [-0.39, 0.29) is 0 Å². The first-order valence-electron chi connectivity index (χ1n) is 13.2. The molecule has 40 heavy (non-hydrogen) atoms. The first-order chi connectivity index (χ1) is 19.8. The molecule has 8 aromatic rings. The minimum absolute atomic E-state index is 0.662. The van der Waals surface area contributed by atoms with Gasteiger partial charge in [0.05, 0.1) is 11.6 Å². The summed E-state index contributed by atoms with van der Waals surface area (Å²) in [5.74, 6) is 0. The molecule has 0 fully saturated rings. The van der Waals surface area contributed by atoms with Crippen LogP contribution in [-0.4, -0.2) is 0 Å². The van der Waals surface area contributed by atoms with Gasteiger partial charge >= 0.3 is 0 Å². The van der Waals surface area contributed by atoms with Crippen molar-refractivity contribution >= 4 is 63.0 Å². The first-order valence-corrected chi connectivity index (χ1v) is 14.9. The number of nitrogens with zero attached hydrogens (tertiary/aromatic N) is 1. The van der Waals surface area contributed by atoms with E-state index >= 15 is 0 Å². The average Bonchev–Trinajstić information content (AvgIpc) is 3.58. The maximum Gasteiger partial charge on any atom is 0.0992 e. The lowest BCUT2D eigenvalue weighted by Crippen LogP contribution is -1.93. The summed E-state index contributed by atoms with van der Waals surface area (Å²) in [6.07, 6.45) is 0. The quantitative estimate of drug-likeness (QED) is 0.217. The van der Waals surface area contributed by atoms with Crippen LogP contribution in [0.15, 0.2) is 127 Å². The van der Waals surface area contributed by atoms with Gasteiger partial charge in [0.25, 0.3) is 0 Å². The number of hydrogen-bond donors (Lipinski definition) is 0. The van der Waals surface area contributed by atoms with Crippen LogP contribution in [0.25, 0.3) is 73.7 Å². The SMILES string of the molecule is N#Cc1cc(-c2ccc3sc4ccccc4c3c2)c(-c2ccccc2)c(-c2ccc3sc4ccccc4c3c2)c1. The van der Waals surface area contributed by atoms with E-state index in [9.17, 15) is 5.26 Å². The molecule has 0 aliphatic carbocycles. The molecule has 0 saturated carbocycles. The van der Waals surface area contributed by atoms with Gasteiger partial charge in [-0.25, -0.2) is 0 Å². The van der Waals surface area contributed by atoms with Crippen LogP contribution < -0.4 is 0 Å². The lowest BCUT2D eigenvalue weighted by Gasteiger charge is -2.17. The molecular weight excluding hydrogens is 523 g/mol. The van der Waals surface area contributed by atoms with Gasteiger partial charge in [0.15, 0.2) is 0 Å². The zero-order chi connectivity index (χ0) is 26.6. The summed E-state index contributed by atoms with van der Waals surface area (Å²) in [5, 5.41) is 15.2. The highest BCUT2D eigenvalue weighted by Gasteiger charge is 2.18. The summed E-state index contributed by atoms with van der Waals surface area (Å²) < 4.78 is 5.14. The second kappa shape index (κ2) is 9.17. The zero-order valence-corrected chi connectivity index (χ0v) is 23.0. The molecule has 3 heteroatoms. The Morgan fingerprint density at radius 3 is 1.43 bits per heavy atom. The number of hydrogen-bond acceptors (Lipinski definition) is 3. The smallest absolute Gasteiger partial charge is 0.0992 e. The topological polar surface area (TPSA) is 23.8 Å². The normalized spacial score (nSPS) is 11.5. The van der Waals surface area contributed by atoms with Crippen LogP contribution in [0.3, 0.4) is 0 Å². The largest absolute Gasteiger partial charge is 0.192 e. The minimum atomic E-state index is 0.662. The predicted octanol–water partition coefficient (Wildman–Crippen LogP) is 11.3. The molecule has 0 amide bonds. The molecule has 8 rings (SSSR count). The highest BCUT2D eigenvalue weighted by molar-refractivity contribution is 7.26. The summed E-state index contributed by atoms with van der Waals surface area (Å²) >= 11 is 3.65. The van der Waals surface area contributed by atoms with Crippen LogP contribution >= 0.6 is 22.7 Å². The molecule has 0 N–H and O–H groups in total. The van der Waals surface area contributed by atoms with Crippen molar-refractivity contribution in [2.75, 3.05) is 0 Å². The predicted molar refractivity (Wildman–Crippen MR) is 173 cm³/mol. The molecule has 186 valence electrons. The van der Waals surface area contributed by atoms with Gasteiger partial charge < -0.3 is 0 Å². The Kier molecular flexibility index (Phi) is 5.31. The van der Waals surface area contributed by atoms with Crippen molar-refractivity contribution in [3.63, 3.8) is 0 Å². The Morgan fingerprint density at radius 2 is 0.900 bits per heavy atom. The van der Waals surface area contributed by atoms with Gasteiger partial charge in [-0.05, 0) is 81.9 Å². The maximum absolute atomic E-state index is 10.2. The third kappa shape index (κ3) is 3.66.